The Bertz CT molecular complexity index is 1190. The number of nitrogens with zero attached hydrogens (tertiary/aromatic N) is 1. The second kappa shape index (κ2) is 7.56. The summed E-state index contributed by atoms with van der Waals surface area (Å²) >= 11 is 0. The molecule has 1 aliphatic heterocycles. The predicted octanol–water partition coefficient (Wildman–Crippen LogP) is 2.41. The number of rotatable bonds is 6. The highest BCUT2D eigenvalue weighted by Crippen LogP contribution is 2.62. The van der Waals surface area contributed by atoms with Crippen LogP contribution in [0.2, 0.25) is 0 Å². The number of alkyl halides is 3. The summed E-state index contributed by atoms with van der Waals surface area (Å²) < 4.78 is 103. The molecule has 10 nitrogen and oxygen atoms in total. The Balaban J connectivity index is 1.23. The Morgan fingerprint density at radius 2 is 1.58 bits per heavy atom. The first-order valence-corrected chi connectivity index (χ1v) is 14.8. The molecule has 6 atom stereocenters. The summed E-state index contributed by atoms with van der Waals surface area (Å²) in [6, 6.07) is 0. The van der Waals surface area contributed by atoms with Gasteiger partial charge in [-0.2, -0.15) is 13.2 Å². The Morgan fingerprint density at radius 1 is 1.00 bits per heavy atom. The van der Waals surface area contributed by atoms with Crippen LogP contribution in [0.1, 0.15) is 45.4 Å². The van der Waals surface area contributed by atoms with Crippen molar-refractivity contribution in [2.75, 3.05) is 0 Å². The average molecular weight is 557 g/mol. The monoisotopic (exact) mass is 556 g/mol. The highest BCUT2D eigenvalue weighted by Gasteiger charge is 2.70. The first-order valence-electron chi connectivity index (χ1n) is 12.0. The number of hydrogen-bond acceptors (Lipinski definition) is 9. The van der Waals surface area contributed by atoms with Crippen LogP contribution in [0.15, 0.2) is 0 Å². The second-order valence-corrected chi connectivity index (χ2v) is 14.5. The molecule has 7 fully saturated rings. The van der Waals surface area contributed by atoms with Gasteiger partial charge in [-0.1, -0.05) is 0 Å². The lowest BCUT2D eigenvalue weighted by Gasteiger charge is -2.59. The molecule has 36 heavy (non-hydrogen) atoms. The Kier molecular flexibility index (Phi) is 5.22. The molecule has 1 heterocycles. The van der Waals surface area contributed by atoms with Crippen LogP contribution in [0.3, 0.4) is 0 Å². The number of sulfonamides is 1. The molecule has 202 valence electrons. The van der Waals surface area contributed by atoms with Crippen LogP contribution in [0.4, 0.5) is 13.2 Å². The standard InChI is InChI=1S/C21H25F3NO9S2/c1-20(10-3-8-2-9(5-10)6-11(20)4-8)33-19(27)15-13-7-12-14(15)18(26)32-16(12)17(13)34-36(30,31)25-35(28,29)21(22,23)24/h8-17H,2-7H2,1H3/q-1. The summed E-state index contributed by atoms with van der Waals surface area (Å²) in [5, 5.41) is 0. The normalized spacial score (nSPS) is 46.8. The van der Waals surface area contributed by atoms with Crippen LogP contribution in [0.5, 0.6) is 0 Å². The fraction of sp³-hybridized carbons (Fsp3) is 0.905. The van der Waals surface area contributed by atoms with Crippen molar-refractivity contribution in [3.8, 4) is 0 Å². The van der Waals surface area contributed by atoms with E-state index in [9.17, 15) is 39.6 Å². The van der Waals surface area contributed by atoms with Crippen molar-refractivity contribution >= 4 is 32.3 Å². The van der Waals surface area contributed by atoms with Gasteiger partial charge in [0.1, 0.15) is 17.8 Å². The first kappa shape index (κ1) is 24.9. The minimum absolute atomic E-state index is 0.154. The van der Waals surface area contributed by atoms with Crippen molar-refractivity contribution in [2.24, 2.45) is 47.3 Å². The second-order valence-electron chi connectivity index (χ2n) is 11.4. The van der Waals surface area contributed by atoms with Gasteiger partial charge in [-0.15, -0.1) is 0 Å². The van der Waals surface area contributed by atoms with Crippen molar-refractivity contribution in [2.45, 2.75) is 68.8 Å². The molecule has 6 saturated carbocycles. The molecular formula is C21H25F3NO9S2-. The van der Waals surface area contributed by atoms with Crippen molar-refractivity contribution in [3.05, 3.63) is 4.13 Å². The molecule has 6 unspecified atom stereocenters. The highest BCUT2D eigenvalue weighted by molar-refractivity contribution is 8.10. The van der Waals surface area contributed by atoms with Crippen LogP contribution >= 0.6 is 0 Å². The number of carbonyl (C=O) groups excluding carboxylic acids is 2. The summed E-state index contributed by atoms with van der Waals surface area (Å²) in [5.74, 6) is -3.26. The van der Waals surface area contributed by atoms with Crippen LogP contribution in [-0.2, 0) is 43.6 Å². The molecular weight excluding hydrogens is 531 g/mol. The molecule has 0 N–H and O–H groups in total. The fourth-order valence-corrected chi connectivity index (χ4v) is 10.3. The minimum atomic E-state index is -6.39. The first-order chi connectivity index (χ1) is 16.6. The summed E-state index contributed by atoms with van der Waals surface area (Å²) in [6.45, 7) is 1.92. The molecule has 0 aromatic carbocycles. The fourth-order valence-electron chi connectivity index (χ4n) is 8.33. The topological polar surface area (TPSA) is 144 Å². The zero-order valence-corrected chi connectivity index (χ0v) is 20.7. The van der Waals surface area contributed by atoms with Crippen LogP contribution in [0, 0.1) is 47.3 Å². The molecule has 0 aromatic rings. The molecule has 7 aliphatic rings. The van der Waals surface area contributed by atoms with E-state index in [2.05, 4.69) is 0 Å². The van der Waals surface area contributed by atoms with E-state index in [1.54, 1.807) is 0 Å². The maximum Gasteiger partial charge on any atom is 0.480 e. The predicted molar refractivity (Wildman–Crippen MR) is 112 cm³/mol. The lowest BCUT2D eigenvalue weighted by Crippen LogP contribution is -2.59. The van der Waals surface area contributed by atoms with Crippen molar-refractivity contribution in [1.82, 2.24) is 0 Å². The zero-order valence-electron chi connectivity index (χ0n) is 19.1. The molecule has 0 spiro atoms. The third-order valence-corrected chi connectivity index (χ3v) is 12.2. The summed E-state index contributed by atoms with van der Waals surface area (Å²) in [7, 11) is -12.0. The number of hydrogen-bond donors (Lipinski definition) is 0. The lowest BCUT2D eigenvalue weighted by molar-refractivity contribution is -0.210. The van der Waals surface area contributed by atoms with E-state index in [1.807, 2.05) is 11.1 Å². The number of carbonyl (C=O) groups is 2. The summed E-state index contributed by atoms with van der Waals surface area (Å²) in [5.41, 5.74) is -6.66. The maximum atomic E-state index is 13.5. The van der Waals surface area contributed by atoms with Crippen molar-refractivity contribution in [1.29, 1.82) is 0 Å². The number of halogens is 3. The third kappa shape index (κ3) is 3.55. The van der Waals surface area contributed by atoms with Crippen molar-refractivity contribution < 1.29 is 53.3 Å². The molecule has 1 saturated heterocycles. The molecule has 7 rings (SSSR count). The van der Waals surface area contributed by atoms with Gasteiger partial charge in [0.15, 0.2) is 10.0 Å². The van der Waals surface area contributed by atoms with Gasteiger partial charge in [0.25, 0.3) is 0 Å². The van der Waals surface area contributed by atoms with Gasteiger partial charge >= 0.3 is 17.4 Å². The average Bonchev–Trinajstić information content (AvgIpc) is 3.33. The van der Waals surface area contributed by atoms with Gasteiger partial charge in [0.2, 0.25) is 10.3 Å². The lowest BCUT2D eigenvalue weighted by atomic mass is 9.50. The SMILES string of the molecule is CC1(OC(=O)C2C3CC4C(OC(=O)C42)C3OS(=O)(=O)[N-]S(=O)(=O)C(F)(F)F)C2CC3CC(C2)CC1C3. The van der Waals surface area contributed by atoms with Gasteiger partial charge in [-0.25, -0.2) is 16.8 Å². The summed E-state index contributed by atoms with van der Waals surface area (Å²) in [4.78, 5) is 26.1. The Morgan fingerprint density at radius 3 is 2.14 bits per heavy atom. The molecule has 0 radical (unpaired) electrons. The molecule has 0 amide bonds. The molecule has 0 aromatic heterocycles. The van der Waals surface area contributed by atoms with Crippen LogP contribution < -0.4 is 0 Å². The molecule has 6 bridgehead atoms. The minimum Gasteiger partial charge on any atom is -0.459 e. The quantitative estimate of drug-likeness (QED) is 0.450. The smallest absolute Gasteiger partial charge is 0.459 e. The number of ether oxygens (including phenoxy) is 2. The number of fused-ring (bicyclic) bond motifs is 1. The van der Waals surface area contributed by atoms with E-state index in [0.29, 0.717) is 11.8 Å². The van der Waals surface area contributed by atoms with Crippen molar-refractivity contribution in [3.63, 3.8) is 0 Å². The van der Waals surface area contributed by atoms with Gasteiger partial charge in [0, 0.05) is 11.8 Å². The van der Waals surface area contributed by atoms with Crippen LogP contribution in [-0.4, -0.2) is 52.1 Å². The third-order valence-electron chi connectivity index (χ3n) is 9.61. The maximum absolute atomic E-state index is 13.5. The van der Waals surface area contributed by atoms with E-state index in [1.165, 1.54) is 6.42 Å². The van der Waals surface area contributed by atoms with E-state index >= 15 is 0 Å². The molecule has 6 aliphatic carbocycles. The highest BCUT2D eigenvalue weighted by atomic mass is 32.3. The Labute approximate surface area is 205 Å². The van der Waals surface area contributed by atoms with E-state index in [4.69, 9.17) is 13.7 Å². The van der Waals surface area contributed by atoms with Gasteiger partial charge in [-0.05, 0) is 69.1 Å². The zero-order chi connectivity index (χ0) is 26.0. The van der Waals surface area contributed by atoms with Gasteiger partial charge in [-0.3, -0.25) is 13.8 Å². The Hall–Kier alpha value is -1.45. The van der Waals surface area contributed by atoms with Gasteiger partial charge < -0.3 is 13.6 Å². The number of esters is 2. The largest absolute Gasteiger partial charge is 0.480 e. The molecule has 15 heteroatoms. The van der Waals surface area contributed by atoms with Crippen LogP contribution in [0.25, 0.3) is 4.13 Å². The van der Waals surface area contributed by atoms with E-state index in [0.717, 1.165) is 25.7 Å². The summed E-state index contributed by atoms with van der Waals surface area (Å²) in [6.07, 6.45) is 2.51. The van der Waals surface area contributed by atoms with E-state index in [-0.39, 0.29) is 18.3 Å². The van der Waals surface area contributed by atoms with E-state index < -0.39 is 79.3 Å². The van der Waals surface area contributed by atoms with Gasteiger partial charge in [0.05, 0.1) is 11.8 Å².